The smallest absolute Gasteiger partial charge is 0.223 e. The highest BCUT2D eigenvalue weighted by molar-refractivity contribution is 5.79. The van der Waals surface area contributed by atoms with Gasteiger partial charge < -0.3 is 24.6 Å². The third-order valence-electron chi connectivity index (χ3n) is 3.14. The van der Waals surface area contributed by atoms with E-state index in [1.807, 2.05) is 31.2 Å². The Balaban J connectivity index is 1.77. The minimum Gasteiger partial charge on any atom is -0.497 e. The molecule has 0 aliphatic carbocycles. The maximum atomic E-state index is 5.85. The van der Waals surface area contributed by atoms with Crippen molar-refractivity contribution in [1.82, 2.24) is 20.8 Å². The summed E-state index contributed by atoms with van der Waals surface area (Å²) < 4.78 is 16.0. The molecule has 130 valence electrons. The monoisotopic (exact) mass is 333 g/mol. The molecule has 1 unspecified atom stereocenters. The zero-order valence-electron chi connectivity index (χ0n) is 14.4. The Labute approximate surface area is 141 Å². The minimum atomic E-state index is -0.0527. The van der Waals surface area contributed by atoms with Crippen LogP contribution in [-0.4, -0.2) is 42.9 Å². The van der Waals surface area contributed by atoms with E-state index in [1.54, 1.807) is 21.1 Å². The molecule has 0 saturated carbocycles. The van der Waals surface area contributed by atoms with Gasteiger partial charge in [0, 0.05) is 20.0 Å². The van der Waals surface area contributed by atoms with E-state index in [0.717, 1.165) is 11.5 Å². The molecule has 2 rings (SSSR count). The molecule has 0 bridgehead atoms. The van der Waals surface area contributed by atoms with Crippen LogP contribution in [0.2, 0.25) is 0 Å². The Kier molecular flexibility index (Phi) is 6.41. The van der Waals surface area contributed by atoms with Gasteiger partial charge in [0.15, 0.2) is 11.8 Å². The highest BCUT2D eigenvalue weighted by atomic mass is 16.5. The van der Waals surface area contributed by atoms with Crippen LogP contribution in [0.5, 0.6) is 11.5 Å². The van der Waals surface area contributed by atoms with Gasteiger partial charge in [0.25, 0.3) is 0 Å². The molecule has 1 aromatic heterocycles. The van der Waals surface area contributed by atoms with E-state index >= 15 is 0 Å². The molecular weight excluding hydrogens is 310 g/mol. The quantitative estimate of drug-likeness (QED) is 0.586. The van der Waals surface area contributed by atoms with E-state index in [0.29, 0.717) is 30.8 Å². The first kappa shape index (κ1) is 17.6. The number of aryl methyl sites for hydroxylation is 1. The van der Waals surface area contributed by atoms with Gasteiger partial charge in [-0.3, -0.25) is 4.99 Å². The van der Waals surface area contributed by atoms with E-state index in [9.17, 15) is 0 Å². The topological polar surface area (TPSA) is 93.8 Å². The molecule has 1 heterocycles. The number of ether oxygens (including phenoxy) is 2. The number of nitrogens with zero attached hydrogens (tertiary/aromatic N) is 3. The van der Waals surface area contributed by atoms with Crippen molar-refractivity contribution in [1.29, 1.82) is 0 Å². The van der Waals surface area contributed by atoms with Crippen molar-refractivity contribution in [3.8, 4) is 11.5 Å². The molecule has 8 heteroatoms. The van der Waals surface area contributed by atoms with Crippen LogP contribution >= 0.6 is 0 Å². The van der Waals surface area contributed by atoms with E-state index in [1.165, 1.54) is 0 Å². The first-order valence-corrected chi connectivity index (χ1v) is 7.65. The number of guanidine groups is 1. The van der Waals surface area contributed by atoms with Gasteiger partial charge in [0.1, 0.15) is 17.6 Å². The molecule has 0 amide bonds. The molecule has 8 nitrogen and oxygen atoms in total. The molecule has 0 aliphatic rings. The molecule has 0 spiro atoms. The van der Waals surface area contributed by atoms with Crippen LogP contribution in [0.25, 0.3) is 0 Å². The molecule has 0 saturated heterocycles. The fourth-order valence-corrected chi connectivity index (χ4v) is 1.99. The second kappa shape index (κ2) is 8.76. The molecule has 1 aromatic carbocycles. The van der Waals surface area contributed by atoms with Crippen molar-refractivity contribution in [3.05, 3.63) is 36.0 Å². The molecule has 24 heavy (non-hydrogen) atoms. The van der Waals surface area contributed by atoms with Gasteiger partial charge in [-0.05, 0) is 19.1 Å². The second-order valence-corrected chi connectivity index (χ2v) is 5.14. The van der Waals surface area contributed by atoms with Crippen LogP contribution in [0.4, 0.5) is 0 Å². The lowest BCUT2D eigenvalue weighted by Gasteiger charge is -2.17. The molecule has 2 N–H and O–H groups in total. The summed E-state index contributed by atoms with van der Waals surface area (Å²) in [6.07, 6.45) is -0.0527. The molecule has 0 radical (unpaired) electrons. The summed E-state index contributed by atoms with van der Waals surface area (Å²) in [6, 6.07) is 7.51. The number of aromatic nitrogens is 2. The SMILES string of the molecule is CN=C(NCc1noc(C)n1)NCC(C)Oc1cccc(OC)c1. The number of methoxy groups -OCH3 is 1. The van der Waals surface area contributed by atoms with Crippen molar-refractivity contribution in [3.63, 3.8) is 0 Å². The first-order chi connectivity index (χ1) is 11.6. The number of aliphatic imine (C=N–C) groups is 1. The maximum Gasteiger partial charge on any atom is 0.223 e. The zero-order chi connectivity index (χ0) is 17.4. The van der Waals surface area contributed by atoms with Gasteiger partial charge in [0.2, 0.25) is 5.89 Å². The minimum absolute atomic E-state index is 0.0527. The van der Waals surface area contributed by atoms with Crippen LogP contribution < -0.4 is 20.1 Å². The first-order valence-electron chi connectivity index (χ1n) is 7.65. The Morgan fingerprint density at radius 3 is 2.79 bits per heavy atom. The van der Waals surface area contributed by atoms with Gasteiger partial charge in [0.05, 0.1) is 20.2 Å². The lowest BCUT2D eigenvalue weighted by Crippen LogP contribution is -2.41. The van der Waals surface area contributed by atoms with Crippen molar-refractivity contribution >= 4 is 5.96 Å². The second-order valence-electron chi connectivity index (χ2n) is 5.14. The fraction of sp³-hybridized carbons (Fsp3) is 0.438. The normalized spacial score (nSPS) is 12.6. The van der Waals surface area contributed by atoms with Crippen LogP contribution in [0, 0.1) is 6.92 Å². The van der Waals surface area contributed by atoms with E-state index in [-0.39, 0.29) is 6.10 Å². The van der Waals surface area contributed by atoms with Crippen molar-refractivity contribution < 1.29 is 14.0 Å². The van der Waals surface area contributed by atoms with Gasteiger partial charge in [-0.15, -0.1) is 0 Å². The number of rotatable bonds is 7. The standard InChI is InChI=1S/C16H23N5O3/c1-11(23-14-7-5-6-13(8-14)22-4)9-18-16(17-3)19-10-15-20-12(2)24-21-15/h5-8,11H,9-10H2,1-4H3,(H2,17,18,19). The van der Waals surface area contributed by atoms with Gasteiger partial charge in [-0.1, -0.05) is 11.2 Å². The summed E-state index contributed by atoms with van der Waals surface area (Å²) in [7, 11) is 3.33. The predicted molar refractivity (Wildman–Crippen MR) is 90.3 cm³/mol. The Morgan fingerprint density at radius 1 is 1.33 bits per heavy atom. The molecule has 1 atom stereocenters. The third kappa shape index (κ3) is 5.45. The largest absolute Gasteiger partial charge is 0.497 e. The van der Waals surface area contributed by atoms with Crippen LogP contribution in [0.3, 0.4) is 0 Å². The number of benzene rings is 1. The summed E-state index contributed by atoms with van der Waals surface area (Å²) in [5.41, 5.74) is 0. The lowest BCUT2D eigenvalue weighted by molar-refractivity contribution is 0.223. The molecule has 2 aromatic rings. The van der Waals surface area contributed by atoms with Crippen molar-refractivity contribution in [2.45, 2.75) is 26.5 Å². The Bertz CT molecular complexity index is 671. The predicted octanol–water partition coefficient (Wildman–Crippen LogP) is 1.52. The van der Waals surface area contributed by atoms with Crippen LogP contribution in [0.1, 0.15) is 18.6 Å². The highest BCUT2D eigenvalue weighted by Crippen LogP contribution is 2.19. The van der Waals surface area contributed by atoms with Crippen LogP contribution in [0.15, 0.2) is 33.8 Å². The summed E-state index contributed by atoms with van der Waals surface area (Å²) in [4.78, 5) is 8.27. The average molecular weight is 333 g/mol. The van der Waals surface area contributed by atoms with E-state index < -0.39 is 0 Å². The maximum absolute atomic E-state index is 5.85. The third-order valence-corrected chi connectivity index (χ3v) is 3.14. The van der Waals surface area contributed by atoms with Crippen LogP contribution in [-0.2, 0) is 6.54 Å². The summed E-state index contributed by atoms with van der Waals surface area (Å²) >= 11 is 0. The Hall–Kier alpha value is -2.77. The lowest BCUT2D eigenvalue weighted by atomic mass is 10.3. The van der Waals surface area contributed by atoms with Gasteiger partial charge in [-0.25, -0.2) is 0 Å². The summed E-state index contributed by atoms with van der Waals surface area (Å²) in [5, 5.41) is 10.1. The number of hydrogen-bond donors (Lipinski definition) is 2. The molecular formula is C16H23N5O3. The van der Waals surface area contributed by atoms with Gasteiger partial charge in [-0.2, -0.15) is 4.98 Å². The zero-order valence-corrected chi connectivity index (χ0v) is 14.4. The average Bonchev–Trinajstić information content (AvgIpc) is 3.00. The number of nitrogens with one attached hydrogen (secondary N) is 2. The van der Waals surface area contributed by atoms with Gasteiger partial charge >= 0.3 is 0 Å². The summed E-state index contributed by atoms with van der Waals surface area (Å²) in [5.74, 6) is 3.28. The molecule has 0 fully saturated rings. The van der Waals surface area contributed by atoms with E-state index in [2.05, 4.69) is 25.8 Å². The highest BCUT2D eigenvalue weighted by Gasteiger charge is 2.08. The fourth-order valence-electron chi connectivity index (χ4n) is 1.99. The van der Waals surface area contributed by atoms with Crippen molar-refractivity contribution in [2.24, 2.45) is 4.99 Å². The van der Waals surface area contributed by atoms with Crippen molar-refractivity contribution in [2.75, 3.05) is 20.7 Å². The Morgan fingerprint density at radius 2 is 2.12 bits per heavy atom. The summed E-state index contributed by atoms with van der Waals surface area (Å²) in [6.45, 7) is 4.74. The molecule has 0 aliphatic heterocycles. The number of hydrogen-bond acceptors (Lipinski definition) is 6. The van der Waals surface area contributed by atoms with E-state index in [4.69, 9.17) is 14.0 Å².